The zero-order chi connectivity index (χ0) is 30.5. The van der Waals surface area contributed by atoms with Crippen LogP contribution in [0, 0.1) is 22.7 Å². The van der Waals surface area contributed by atoms with Crippen LogP contribution in [0.1, 0.15) is 61.4 Å². The molecule has 0 spiro atoms. The quantitative estimate of drug-likeness (QED) is 0.302. The highest BCUT2D eigenvalue weighted by atomic mass is 19.4. The third-order valence-electron chi connectivity index (χ3n) is 7.31. The number of carbonyl (C=O) groups is 1. The summed E-state index contributed by atoms with van der Waals surface area (Å²) in [7, 11) is 0. The van der Waals surface area contributed by atoms with E-state index in [9.17, 15) is 23.2 Å². The number of hydrogen-bond acceptors (Lipinski definition) is 5. The molecule has 1 heterocycles. The molecule has 0 atom stereocenters. The van der Waals surface area contributed by atoms with Gasteiger partial charge in [0.2, 0.25) is 0 Å². The Morgan fingerprint density at radius 1 is 0.881 bits per heavy atom. The second kappa shape index (κ2) is 12.3. The van der Waals surface area contributed by atoms with Crippen LogP contribution >= 0.6 is 0 Å². The summed E-state index contributed by atoms with van der Waals surface area (Å²) in [5.41, 5.74) is 1.26. The average Bonchev–Trinajstić information content (AvgIpc) is 2.96. The molecule has 4 rings (SSSR count). The van der Waals surface area contributed by atoms with Gasteiger partial charge in [0.05, 0.1) is 42.0 Å². The number of carbonyl (C=O) groups excluding carboxylic acids is 1. The normalized spacial score (nSPS) is 15.0. The molecule has 42 heavy (non-hydrogen) atoms. The van der Waals surface area contributed by atoms with Crippen LogP contribution in [0.25, 0.3) is 11.1 Å². The van der Waals surface area contributed by atoms with E-state index in [-0.39, 0.29) is 13.2 Å². The third kappa shape index (κ3) is 7.48. The van der Waals surface area contributed by atoms with Crippen LogP contribution in [0.3, 0.4) is 0 Å². The maximum absolute atomic E-state index is 13.8. The number of benzene rings is 3. The van der Waals surface area contributed by atoms with Crippen molar-refractivity contribution in [1.82, 2.24) is 4.90 Å². The second-order valence-electron chi connectivity index (χ2n) is 11.5. The van der Waals surface area contributed by atoms with Crippen molar-refractivity contribution in [2.45, 2.75) is 57.4 Å². The number of rotatable bonds is 6. The molecule has 0 unspecified atom stereocenters. The van der Waals surface area contributed by atoms with Crippen LogP contribution in [0.15, 0.2) is 66.7 Å². The van der Waals surface area contributed by atoms with Crippen molar-refractivity contribution in [3.05, 3.63) is 94.5 Å². The lowest BCUT2D eigenvalue weighted by molar-refractivity contribution is -0.137. The lowest BCUT2D eigenvalue weighted by atomic mass is 9.73. The highest BCUT2D eigenvalue weighted by Gasteiger charge is 2.39. The molecule has 3 aromatic carbocycles. The summed E-state index contributed by atoms with van der Waals surface area (Å²) in [4.78, 5) is 14.3. The van der Waals surface area contributed by atoms with E-state index in [4.69, 9.17) is 14.7 Å². The van der Waals surface area contributed by atoms with Gasteiger partial charge >= 0.3 is 12.3 Å². The van der Waals surface area contributed by atoms with E-state index in [0.29, 0.717) is 53.7 Å². The largest absolute Gasteiger partial charge is 0.444 e. The first-order valence-corrected chi connectivity index (χ1v) is 13.6. The number of ether oxygens (including phenoxy) is 2. The molecule has 1 amide bonds. The Bertz CT molecular complexity index is 1490. The summed E-state index contributed by atoms with van der Waals surface area (Å²) in [6.07, 6.45) is -3.83. The fourth-order valence-electron chi connectivity index (χ4n) is 5.07. The Morgan fingerprint density at radius 2 is 1.45 bits per heavy atom. The van der Waals surface area contributed by atoms with E-state index in [1.807, 2.05) is 39.0 Å². The van der Waals surface area contributed by atoms with E-state index in [1.165, 1.54) is 0 Å². The standard InChI is InChI=1S/C33H32F3N3O3/c1-31(2,3)42-30(40)39-14-12-32(13-15-39,28-10-6-24(20-38)7-11-28)22-41-21-25-16-27(18-29(17-25)33(34,35)36)26-8-4-23(19-37)5-9-26/h4-11,16-18H,12-15,21-22H2,1-3H3. The van der Waals surface area contributed by atoms with Crippen molar-refractivity contribution in [1.29, 1.82) is 10.5 Å². The zero-order valence-electron chi connectivity index (χ0n) is 23.8. The summed E-state index contributed by atoms with van der Waals surface area (Å²) in [6, 6.07) is 21.6. The van der Waals surface area contributed by atoms with Gasteiger partial charge in [-0.05, 0) is 98.3 Å². The number of nitrogens with zero attached hydrogens (tertiary/aromatic N) is 3. The van der Waals surface area contributed by atoms with Gasteiger partial charge in [0.25, 0.3) is 0 Å². The van der Waals surface area contributed by atoms with E-state index in [2.05, 4.69) is 6.07 Å². The Morgan fingerprint density at radius 3 is 1.98 bits per heavy atom. The number of alkyl halides is 3. The van der Waals surface area contributed by atoms with Gasteiger partial charge in [-0.3, -0.25) is 0 Å². The number of likely N-dealkylation sites (tertiary alicyclic amines) is 1. The molecule has 0 aliphatic carbocycles. The van der Waals surface area contributed by atoms with Crippen molar-refractivity contribution < 1.29 is 27.4 Å². The zero-order valence-corrected chi connectivity index (χ0v) is 23.8. The van der Waals surface area contributed by atoms with Gasteiger partial charge in [-0.25, -0.2) is 4.79 Å². The Kier molecular flexibility index (Phi) is 8.94. The van der Waals surface area contributed by atoms with Crippen LogP contribution < -0.4 is 0 Å². The minimum absolute atomic E-state index is 0.0546. The summed E-state index contributed by atoms with van der Waals surface area (Å²) in [5.74, 6) is 0. The van der Waals surface area contributed by atoms with Crippen molar-refractivity contribution in [2.24, 2.45) is 0 Å². The topological polar surface area (TPSA) is 86.3 Å². The van der Waals surface area contributed by atoms with Crippen molar-refractivity contribution in [3.8, 4) is 23.3 Å². The van der Waals surface area contributed by atoms with Gasteiger partial charge in [-0.2, -0.15) is 23.7 Å². The molecule has 3 aromatic rings. The first kappa shape index (κ1) is 30.6. The van der Waals surface area contributed by atoms with E-state index in [1.54, 1.807) is 47.4 Å². The number of amides is 1. The highest BCUT2D eigenvalue weighted by Crippen LogP contribution is 2.38. The van der Waals surface area contributed by atoms with Crippen LogP contribution in [-0.2, 0) is 27.7 Å². The smallest absolute Gasteiger partial charge is 0.416 e. The molecule has 0 radical (unpaired) electrons. The molecule has 0 aromatic heterocycles. The first-order chi connectivity index (χ1) is 19.8. The lowest BCUT2D eigenvalue weighted by Crippen LogP contribution is -2.48. The van der Waals surface area contributed by atoms with Gasteiger partial charge in [0.1, 0.15) is 5.60 Å². The number of piperidine rings is 1. The van der Waals surface area contributed by atoms with E-state index < -0.39 is 28.8 Å². The maximum Gasteiger partial charge on any atom is 0.416 e. The molecule has 6 nitrogen and oxygen atoms in total. The van der Waals surface area contributed by atoms with E-state index >= 15 is 0 Å². The Balaban J connectivity index is 1.56. The van der Waals surface area contributed by atoms with Gasteiger partial charge < -0.3 is 14.4 Å². The lowest BCUT2D eigenvalue weighted by Gasteiger charge is -2.42. The van der Waals surface area contributed by atoms with Crippen molar-refractivity contribution >= 4 is 6.09 Å². The van der Waals surface area contributed by atoms with Crippen LogP contribution in [0.2, 0.25) is 0 Å². The number of hydrogen-bond donors (Lipinski definition) is 0. The minimum Gasteiger partial charge on any atom is -0.444 e. The average molecular weight is 576 g/mol. The van der Waals surface area contributed by atoms with Gasteiger partial charge in [-0.1, -0.05) is 24.3 Å². The van der Waals surface area contributed by atoms with Crippen molar-refractivity contribution in [2.75, 3.05) is 19.7 Å². The second-order valence-corrected chi connectivity index (χ2v) is 11.5. The number of halogens is 3. The molecule has 1 aliphatic heterocycles. The Hall–Kier alpha value is -4.34. The van der Waals surface area contributed by atoms with Gasteiger partial charge in [0.15, 0.2) is 0 Å². The molecule has 0 bridgehead atoms. The molecule has 0 saturated carbocycles. The molecule has 0 N–H and O–H groups in total. The summed E-state index contributed by atoms with van der Waals surface area (Å²) < 4.78 is 53.1. The predicted octanol–water partition coefficient (Wildman–Crippen LogP) is 7.60. The van der Waals surface area contributed by atoms with Crippen LogP contribution in [0.4, 0.5) is 18.0 Å². The molecule has 1 saturated heterocycles. The third-order valence-corrected chi connectivity index (χ3v) is 7.31. The molecule has 9 heteroatoms. The van der Waals surface area contributed by atoms with Crippen LogP contribution in [-0.4, -0.2) is 36.3 Å². The fourth-order valence-corrected chi connectivity index (χ4v) is 5.07. The summed E-state index contributed by atoms with van der Waals surface area (Å²) in [5, 5.41) is 18.3. The minimum atomic E-state index is -4.55. The van der Waals surface area contributed by atoms with Gasteiger partial charge in [-0.15, -0.1) is 0 Å². The van der Waals surface area contributed by atoms with E-state index in [0.717, 1.165) is 17.7 Å². The van der Waals surface area contributed by atoms with Crippen molar-refractivity contribution in [3.63, 3.8) is 0 Å². The monoisotopic (exact) mass is 575 g/mol. The highest BCUT2D eigenvalue weighted by molar-refractivity contribution is 5.68. The van der Waals surface area contributed by atoms with Gasteiger partial charge in [0, 0.05) is 18.5 Å². The van der Waals surface area contributed by atoms with Crippen LogP contribution in [0.5, 0.6) is 0 Å². The predicted molar refractivity (Wildman–Crippen MR) is 151 cm³/mol. The fraction of sp³-hybridized carbons (Fsp3) is 0.364. The first-order valence-electron chi connectivity index (χ1n) is 13.6. The molecule has 218 valence electrons. The SMILES string of the molecule is CC(C)(C)OC(=O)N1CCC(COCc2cc(-c3ccc(C#N)cc3)cc(C(F)(F)F)c2)(c2ccc(C#N)cc2)CC1. The summed E-state index contributed by atoms with van der Waals surface area (Å²) >= 11 is 0. The molecule has 1 aliphatic rings. The summed E-state index contributed by atoms with van der Waals surface area (Å²) in [6.45, 7) is 6.43. The molecule has 1 fully saturated rings. The molecular weight excluding hydrogens is 543 g/mol. The Labute approximate surface area is 243 Å². The number of nitriles is 2. The maximum atomic E-state index is 13.8. The molecular formula is C33H32F3N3O3.